The van der Waals surface area contributed by atoms with Crippen molar-refractivity contribution in [2.45, 2.75) is 19.3 Å². The fourth-order valence-corrected chi connectivity index (χ4v) is 3.28. The third-order valence-corrected chi connectivity index (χ3v) is 4.30. The molecule has 1 aromatic carbocycles. The van der Waals surface area contributed by atoms with Crippen LogP contribution in [-0.4, -0.2) is 30.4 Å². The number of rotatable bonds is 3. The molecule has 104 valence electrons. The predicted molar refractivity (Wildman–Crippen MR) is 79.6 cm³/mol. The van der Waals surface area contributed by atoms with Gasteiger partial charge in [-0.2, -0.15) is 0 Å². The molecule has 2 atom stereocenters. The average molecular weight is 281 g/mol. The second-order valence-electron chi connectivity index (χ2n) is 5.47. The summed E-state index contributed by atoms with van der Waals surface area (Å²) in [7, 11) is 0. The zero-order valence-corrected chi connectivity index (χ0v) is 11.9. The van der Waals surface area contributed by atoms with Gasteiger partial charge in [-0.3, -0.25) is 4.79 Å². The van der Waals surface area contributed by atoms with Crippen LogP contribution in [0, 0.1) is 11.8 Å². The first-order chi connectivity index (χ1) is 8.83. The number of para-hydroxylation sites is 1. The van der Waals surface area contributed by atoms with Gasteiger partial charge in [0.25, 0.3) is 0 Å². The van der Waals surface area contributed by atoms with Crippen molar-refractivity contribution >= 4 is 24.0 Å². The van der Waals surface area contributed by atoms with E-state index in [1.807, 2.05) is 35.2 Å². The standard InChI is InChI=1S/C15H20N2O.ClH/c18-15(9-16-14-7-2-1-3-8-14)17-10-12-5-4-6-13(12)11-17;/h1-3,7-8,12-13,16H,4-6,9-11H2;1H. The van der Waals surface area contributed by atoms with E-state index in [0.29, 0.717) is 6.54 Å². The third kappa shape index (κ3) is 3.21. The number of nitrogens with one attached hydrogen (secondary N) is 1. The molecule has 1 aliphatic heterocycles. The molecular weight excluding hydrogens is 260 g/mol. The van der Waals surface area contributed by atoms with Gasteiger partial charge in [0.2, 0.25) is 5.91 Å². The molecule has 1 aliphatic carbocycles. The van der Waals surface area contributed by atoms with Gasteiger partial charge in [0.1, 0.15) is 0 Å². The number of nitrogens with zero attached hydrogens (tertiary/aromatic N) is 1. The second-order valence-corrected chi connectivity index (χ2v) is 5.47. The van der Waals surface area contributed by atoms with Crippen LogP contribution in [-0.2, 0) is 4.79 Å². The van der Waals surface area contributed by atoms with E-state index in [2.05, 4.69) is 5.32 Å². The van der Waals surface area contributed by atoms with Crippen LogP contribution < -0.4 is 5.32 Å². The Hall–Kier alpha value is -1.22. The Labute approximate surface area is 120 Å². The topological polar surface area (TPSA) is 32.3 Å². The molecule has 0 bridgehead atoms. The number of fused-ring (bicyclic) bond motifs is 1. The molecule has 0 radical (unpaired) electrons. The van der Waals surface area contributed by atoms with Crippen molar-refractivity contribution < 1.29 is 4.79 Å². The number of hydrogen-bond donors (Lipinski definition) is 1. The lowest BCUT2D eigenvalue weighted by atomic mass is 10.0. The van der Waals surface area contributed by atoms with Gasteiger partial charge in [-0.15, -0.1) is 12.4 Å². The van der Waals surface area contributed by atoms with Gasteiger partial charge >= 0.3 is 0 Å². The molecule has 2 unspecified atom stereocenters. The first-order valence-corrected chi connectivity index (χ1v) is 6.89. The van der Waals surface area contributed by atoms with Gasteiger partial charge < -0.3 is 10.2 Å². The minimum absolute atomic E-state index is 0. The summed E-state index contributed by atoms with van der Waals surface area (Å²) >= 11 is 0. The number of halogens is 1. The Bertz CT molecular complexity index is 411. The van der Waals surface area contributed by atoms with Crippen molar-refractivity contribution in [1.29, 1.82) is 0 Å². The van der Waals surface area contributed by atoms with Crippen LogP contribution in [0.1, 0.15) is 19.3 Å². The molecule has 2 fully saturated rings. The van der Waals surface area contributed by atoms with Crippen LogP contribution in [0.5, 0.6) is 0 Å². The van der Waals surface area contributed by atoms with Crippen molar-refractivity contribution in [3.63, 3.8) is 0 Å². The number of likely N-dealkylation sites (tertiary alicyclic amines) is 1. The van der Waals surface area contributed by atoms with Crippen LogP contribution in [0.15, 0.2) is 30.3 Å². The van der Waals surface area contributed by atoms with Gasteiger partial charge in [0.05, 0.1) is 6.54 Å². The molecule has 1 aromatic rings. The van der Waals surface area contributed by atoms with E-state index >= 15 is 0 Å². The SMILES string of the molecule is Cl.O=C(CNc1ccccc1)N1CC2CCCC2C1. The third-order valence-electron chi connectivity index (χ3n) is 4.30. The second kappa shape index (κ2) is 6.29. The van der Waals surface area contributed by atoms with E-state index < -0.39 is 0 Å². The quantitative estimate of drug-likeness (QED) is 0.923. The molecule has 0 aromatic heterocycles. The maximum absolute atomic E-state index is 12.1. The highest BCUT2D eigenvalue weighted by Gasteiger charge is 2.37. The lowest BCUT2D eigenvalue weighted by Gasteiger charge is -2.18. The lowest BCUT2D eigenvalue weighted by Crippen LogP contribution is -2.34. The number of carbonyl (C=O) groups excluding carboxylic acids is 1. The first kappa shape index (κ1) is 14.2. The summed E-state index contributed by atoms with van der Waals surface area (Å²) in [5.74, 6) is 1.81. The summed E-state index contributed by atoms with van der Waals surface area (Å²) in [6, 6.07) is 9.92. The summed E-state index contributed by atoms with van der Waals surface area (Å²) in [6.07, 6.45) is 4.00. The van der Waals surface area contributed by atoms with E-state index in [1.54, 1.807) is 0 Å². The Morgan fingerprint density at radius 2 is 1.79 bits per heavy atom. The Kier molecular flexibility index (Phi) is 4.70. The molecule has 1 saturated carbocycles. The van der Waals surface area contributed by atoms with Crippen molar-refractivity contribution in [2.75, 3.05) is 25.0 Å². The molecule has 4 heteroatoms. The van der Waals surface area contributed by atoms with Gasteiger partial charge in [-0.25, -0.2) is 0 Å². The molecular formula is C15H21ClN2O. The lowest BCUT2D eigenvalue weighted by molar-refractivity contribution is -0.128. The molecule has 1 heterocycles. The summed E-state index contributed by atoms with van der Waals surface area (Å²) in [5, 5.41) is 3.20. The van der Waals surface area contributed by atoms with E-state index in [0.717, 1.165) is 30.6 Å². The largest absolute Gasteiger partial charge is 0.376 e. The zero-order chi connectivity index (χ0) is 12.4. The summed E-state index contributed by atoms with van der Waals surface area (Å²) in [6.45, 7) is 2.39. The monoisotopic (exact) mass is 280 g/mol. The van der Waals surface area contributed by atoms with Crippen molar-refractivity contribution in [1.82, 2.24) is 4.90 Å². The molecule has 1 amide bonds. The summed E-state index contributed by atoms with van der Waals surface area (Å²) in [5.41, 5.74) is 1.02. The number of benzene rings is 1. The van der Waals surface area contributed by atoms with E-state index in [-0.39, 0.29) is 18.3 Å². The molecule has 3 rings (SSSR count). The fourth-order valence-electron chi connectivity index (χ4n) is 3.28. The number of amides is 1. The molecule has 1 saturated heterocycles. The highest BCUT2D eigenvalue weighted by atomic mass is 35.5. The van der Waals surface area contributed by atoms with Gasteiger partial charge in [-0.05, 0) is 36.8 Å². The molecule has 3 nitrogen and oxygen atoms in total. The van der Waals surface area contributed by atoms with Crippen LogP contribution >= 0.6 is 12.4 Å². The van der Waals surface area contributed by atoms with Crippen LogP contribution in [0.3, 0.4) is 0 Å². The van der Waals surface area contributed by atoms with Crippen molar-refractivity contribution in [3.05, 3.63) is 30.3 Å². The number of carbonyl (C=O) groups is 1. The molecule has 0 spiro atoms. The van der Waals surface area contributed by atoms with E-state index in [4.69, 9.17) is 0 Å². The molecule has 19 heavy (non-hydrogen) atoms. The first-order valence-electron chi connectivity index (χ1n) is 6.89. The van der Waals surface area contributed by atoms with Crippen molar-refractivity contribution in [2.24, 2.45) is 11.8 Å². The zero-order valence-electron chi connectivity index (χ0n) is 11.0. The number of anilines is 1. The average Bonchev–Trinajstić information content (AvgIpc) is 2.98. The predicted octanol–water partition coefficient (Wildman–Crippen LogP) is 2.78. The summed E-state index contributed by atoms with van der Waals surface area (Å²) in [4.78, 5) is 14.2. The Balaban J connectivity index is 0.00000133. The minimum Gasteiger partial charge on any atom is -0.376 e. The molecule has 2 aliphatic rings. The van der Waals surface area contributed by atoms with Gasteiger partial charge in [-0.1, -0.05) is 24.6 Å². The highest BCUT2D eigenvalue weighted by Crippen LogP contribution is 2.37. The van der Waals surface area contributed by atoms with Crippen LogP contribution in [0.4, 0.5) is 5.69 Å². The van der Waals surface area contributed by atoms with Crippen LogP contribution in [0.2, 0.25) is 0 Å². The fraction of sp³-hybridized carbons (Fsp3) is 0.533. The minimum atomic E-state index is 0. The summed E-state index contributed by atoms with van der Waals surface area (Å²) < 4.78 is 0. The Morgan fingerprint density at radius 1 is 1.16 bits per heavy atom. The van der Waals surface area contributed by atoms with E-state index in [1.165, 1.54) is 19.3 Å². The smallest absolute Gasteiger partial charge is 0.241 e. The van der Waals surface area contributed by atoms with Gasteiger partial charge in [0, 0.05) is 18.8 Å². The highest BCUT2D eigenvalue weighted by molar-refractivity contribution is 5.85. The Morgan fingerprint density at radius 3 is 2.42 bits per heavy atom. The molecule has 1 N–H and O–H groups in total. The maximum atomic E-state index is 12.1. The van der Waals surface area contributed by atoms with Crippen molar-refractivity contribution in [3.8, 4) is 0 Å². The normalized spacial score (nSPS) is 24.7. The number of hydrogen-bond acceptors (Lipinski definition) is 2. The van der Waals surface area contributed by atoms with Gasteiger partial charge in [0.15, 0.2) is 0 Å². The van der Waals surface area contributed by atoms with E-state index in [9.17, 15) is 4.79 Å². The van der Waals surface area contributed by atoms with Crippen LogP contribution in [0.25, 0.3) is 0 Å². The maximum Gasteiger partial charge on any atom is 0.241 e.